The van der Waals surface area contributed by atoms with Crippen molar-refractivity contribution in [1.82, 2.24) is 0 Å². The molecule has 0 nitrogen and oxygen atoms in total. The molecule has 0 aromatic carbocycles. The highest BCUT2D eigenvalue weighted by Crippen LogP contribution is 2.59. The minimum atomic E-state index is 0.636. The summed E-state index contributed by atoms with van der Waals surface area (Å²) in [6.07, 6.45) is 14.9. The van der Waals surface area contributed by atoms with Gasteiger partial charge in [-0.25, -0.2) is 0 Å². The molecule has 0 aromatic heterocycles. The lowest BCUT2D eigenvalue weighted by Crippen LogP contribution is -2.36. The van der Waals surface area contributed by atoms with Gasteiger partial charge < -0.3 is 0 Å². The molecule has 2 unspecified atom stereocenters. The Labute approximate surface area is 116 Å². The molecule has 2 aliphatic rings. The van der Waals surface area contributed by atoms with E-state index in [4.69, 9.17) is 0 Å². The lowest BCUT2D eigenvalue weighted by molar-refractivity contribution is 0.130. The fourth-order valence-corrected chi connectivity index (χ4v) is 4.73. The maximum absolute atomic E-state index is 2.63. The van der Waals surface area contributed by atoms with Gasteiger partial charge in [0, 0.05) is 0 Å². The zero-order valence-electron chi connectivity index (χ0n) is 13.2. The van der Waals surface area contributed by atoms with Crippen molar-refractivity contribution in [2.45, 2.75) is 90.3 Å². The summed E-state index contributed by atoms with van der Waals surface area (Å²) >= 11 is 0. The summed E-state index contributed by atoms with van der Waals surface area (Å²) in [4.78, 5) is 0. The van der Waals surface area contributed by atoms with Crippen LogP contribution in [0.2, 0.25) is 5.31 Å². The fraction of sp³-hybridized carbons (Fsp3) is 1.00. The largest absolute Gasteiger partial charge is 0.110 e. The van der Waals surface area contributed by atoms with E-state index in [9.17, 15) is 0 Å². The fourth-order valence-electron chi connectivity index (χ4n) is 4.73. The Kier molecular flexibility index (Phi) is 4.50. The molecule has 0 spiro atoms. The van der Waals surface area contributed by atoms with E-state index in [2.05, 4.69) is 28.6 Å². The van der Waals surface area contributed by atoms with Crippen LogP contribution in [0.4, 0.5) is 0 Å². The van der Waals surface area contributed by atoms with E-state index in [0.29, 0.717) is 10.7 Å². The smallest absolute Gasteiger partial charge is 0.0625 e. The summed E-state index contributed by atoms with van der Waals surface area (Å²) in [6.45, 7) is 7.48. The molecular weight excluding hydrogens is 215 g/mol. The molecule has 18 heavy (non-hydrogen) atoms. The Morgan fingerprint density at radius 3 is 2.17 bits per heavy atom. The first-order valence-corrected chi connectivity index (χ1v) is 8.47. The van der Waals surface area contributed by atoms with Crippen LogP contribution in [0.5, 0.6) is 0 Å². The number of rotatable bonds is 2. The average Bonchev–Trinajstić information content (AvgIpc) is 2.53. The van der Waals surface area contributed by atoms with Crippen molar-refractivity contribution in [1.29, 1.82) is 0 Å². The first kappa shape index (κ1) is 14.5. The van der Waals surface area contributed by atoms with Crippen molar-refractivity contribution < 1.29 is 0 Å². The molecule has 1 heteroatoms. The van der Waals surface area contributed by atoms with Crippen molar-refractivity contribution >= 4 is 7.85 Å². The van der Waals surface area contributed by atoms with Crippen LogP contribution in [0.15, 0.2) is 0 Å². The summed E-state index contributed by atoms with van der Waals surface area (Å²) in [5.41, 5.74) is 0.636. The van der Waals surface area contributed by atoms with Gasteiger partial charge in [-0.05, 0) is 36.5 Å². The second-order valence-electron chi connectivity index (χ2n) is 8.12. The molecule has 0 aromatic rings. The molecule has 2 rings (SSSR count). The summed E-state index contributed by atoms with van der Waals surface area (Å²) in [5, 5.41) is 0.650. The Morgan fingerprint density at radius 2 is 1.56 bits per heavy atom. The molecule has 104 valence electrons. The quantitative estimate of drug-likeness (QED) is 0.477. The first-order chi connectivity index (χ1) is 8.47. The minimum Gasteiger partial charge on any atom is -0.0625 e. The van der Waals surface area contributed by atoms with E-state index >= 15 is 0 Å². The molecule has 0 saturated heterocycles. The second-order valence-corrected chi connectivity index (χ2v) is 8.12. The molecule has 0 aliphatic heterocycles. The summed E-state index contributed by atoms with van der Waals surface area (Å²) in [5.74, 6) is 1.89. The van der Waals surface area contributed by atoms with Gasteiger partial charge in [0.25, 0.3) is 0 Å². The van der Waals surface area contributed by atoms with Crippen molar-refractivity contribution in [3.05, 3.63) is 0 Å². The van der Waals surface area contributed by atoms with Gasteiger partial charge in [-0.15, -0.1) is 0 Å². The van der Waals surface area contributed by atoms with E-state index in [1.54, 1.807) is 0 Å². The highest BCUT2D eigenvalue weighted by Gasteiger charge is 2.45. The molecule has 0 bridgehead atoms. The van der Waals surface area contributed by atoms with Crippen LogP contribution in [-0.2, 0) is 0 Å². The zero-order chi connectivity index (χ0) is 13.2. The van der Waals surface area contributed by atoms with Crippen LogP contribution in [0, 0.1) is 17.3 Å². The third kappa shape index (κ3) is 2.80. The van der Waals surface area contributed by atoms with Crippen LogP contribution in [-0.4, -0.2) is 7.85 Å². The van der Waals surface area contributed by atoms with Gasteiger partial charge in [0.2, 0.25) is 0 Å². The van der Waals surface area contributed by atoms with Crippen LogP contribution in [0.25, 0.3) is 0 Å². The Balaban J connectivity index is 2.06. The molecule has 2 fully saturated rings. The van der Waals surface area contributed by atoms with E-state index in [1.165, 1.54) is 64.2 Å². The lowest BCUT2D eigenvalue weighted by atomic mass is 9.45. The predicted molar refractivity (Wildman–Crippen MR) is 83.8 cm³/mol. The third-order valence-corrected chi connectivity index (χ3v) is 6.73. The van der Waals surface area contributed by atoms with Crippen LogP contribution in [0.1, 0.15) is 85.0 Å². The van der Waals surface area contributed by atoms with Crippen molar-refractivity contribution in [3.63, 3.8) is 0 Å². The van der Waals surface area contributed by atoms with E-state index in [0.717, 1.165) is 11.8 Å². The topological polar surface area (TPSA) is 0 Å². The second kappa shape index (κ2) is 5.59. The van der Waals surface area contributed by atoms with Crippen LogP contribution in [0.3, 0.4) is 0 Å². The maximum atomic E-state index is 2.63. The van der Waals surface area contributed by atoms with Gasteiger partial charge in [-0.1, -0.05) is 71.0 Å². The molecule has 2 atom stereocenters. The van der Waals surface area contributed by atoms with E-state index in [1.807, 2.05) is 0 Å². The lowest BCUT2D eigenvalue weighted by Gasteiger charge is -2.49. The number of hydrogen-bond donors (Lipinski definition) is 0. The molecular formula is C17H33B. The van der Waals surface area contributed by atoms with Gasteiger partial charge in [0.1, 0.15) is 7.85 Å². The Bertz CT molecular complexity index is 265. The zero-order valence-corrected chi connectivity index (χ0v) is 13.2. The van der Waals surface area contributed by atoms with Crippen molar-refractivity contribution in [2.75, 3.05) is 0 Å². The maximum Gasteiger partial charge on any atom is 0.110 e. The van der Waals surface area contributed by atoms with Gasteiger partial charge in [0.05, 0.1) is 0 Å². The molecule has 0 heterocycles. The first-order valence-electron chi connectivity index (χ1n) is 8.47. The Hall–Kier alpha value is 0.0649. The van der Waals surface area contributed by atoms with Gasteiger partial charge in [-0.3, -0.25) is 0 Å². The third-order valence-electron chi connectivity index (χ3n) is 6.73. The normalized spacial score (nSPS) is 37.4. The van der Waals surface area contributed by atoms with Gasteiger partial charge in [-0.2, -0.15) is 0 Å². The highest BCUT2D eigenvalue weighted by atomic mass is 14.5. The van der Waals surface area contributed by atoms with Crippen molar-refractivity contribution in [3.8, 4) is 0 Å². The van der Waals surface area contributed by atoms with Crippen LogP contribution < -0.4 is 0 Å². The molecule has 2 aliphatic carbocycles. The van der Waals surface area contributed by atoms with E-state index < -0.39 is 0 Å². The Morgan fingerprint density at radius 1 is 0.889 bits per heavy atom. The highest BCUT2D eigenvalue weighted by molar-refractivity contribution is 6.15. The molecule has 0 N–H and O–H groups in total. The monoisotopic (exact) mass is 248 g/mol. The minimum absolute atomic E-state index is 0.636. The standard InChI is InChI=1S/C17H33B/c1-14(2)15-8-7-10-16(3,13-9-15)17(18)11-5-4-6-12-17/h14-15H,4-13,18H2,1-3H3. The summed E-state index contributed by atoms with van der Waals surface area (Å²) < 4.78 is 0. The van der Waals surface area contributed by atoms with Gasteiger partial charge in [0.15, 0.2) is 0 Å². The number of hydrogen-bond acceptors (Lipinski definition) is 0. The summed E-state index contributed by atoms with van der Waals surface area (Å²) in [7, 11) is 2.61. The van der Waals surface area contributed by atoms with E-state index in [-0.39, 0.29) is 0 Å². The van der Waals surface area contributed by atoms with Gasteiger partial charge >= 0.3 is 0 Å². The van der Waals surface area contributed by atoms with Crippen LogP contribution >= 0.6 is 0 Å². The summed E-state index contributed by atoms with van der Waals surface area (Å²) in [6, 6.07) is 0. The molecule has 0 radical (unpaired) electrons. The SMILES string of the molecule is BC1(C2(C)CCCC(C(C)C)CC2)CCCCC1. The molecule has 0 amide bonds. The molecule has 2 saturated carbocycles. The predicted octanol–water partition coefficient (Wildman–Crippen LogP) is 4.98. The average molecular weight is 248 g/mol. The van der Waals surface area contributed by atoms with Crippen molar-refractivity contribution in [2.24, 2.45) is 17.3 Å².